The van der Waals surface area contributed by atoms with Gasteiger partial charge in [-0.15, -0.1) is 0 Å². The van der Waals surface area contributed by atoms with Crippen molar-refractivity contribution >= 4 is 17.8 Å². The Morgan fingerprint density at radius 3 is 2.39 bits per heavy atom. The summed E-state index contributed by atoms with van der Waals surface area (Å²) in [5, 5.41) is 10.5. The summed E-state index contributed by atoms with van der Waals surface area (Å²) >= 11 is 0. The van der Waals surface area contributed by atoms with Crippen molar-refractivity contribution in [2.75, 3.05) is 32.7 Å². The highest BCUT2D eigenvalue weighted by Gasteiger charge is 2.57. The van der Waals surface area contributed by atoms with E-state index in [0.29, 0.717) is 5.92 Å². The molecular weight excluding hydrogens is 439 g/mol. The number of aryl methyl sites for hydroxylation is 1. The molecule has 182 valence electrons. The SMILES string of the molecule is CCCN1C[C@H]2C(=O)NC3(CCN(C(=O)c4cccc(C)c4)CC3)[C@H]2C1.O=C(O)C(F)(F)F. The van der Waals surface area contributed by atoms with Crippen LogP contribution in [0.1, 0.15) is 42.1 Å². The Bertz CT molecular complexity index is 897. The highest BCUT2D eigenvalue weighted by molar-refractivity contribution is 5.94. The summed E-state index contributed by atoms with van der Waals surface area (Å²) in [6.07, 6.45) is -2.21. The minimum Gasteiger partial charge on any atom is -0.475 e. The molecule has 33 heavy (non-hydrogen) atoms. The van der Waals surface area contributed by atoms with Crippen LogP contribution in [0, 0.1) is 18.8 Å². The van der Waals surface area contributed by atoms with Crippen LogP contribution in [0.5, 0.6) is 0 Å². The summed E-state index contributed by atoms with van der Waals surface area (Å²) in [7, 11) is 0. The van der Waals surface area contributed by atoms with Crippen molar-refractivity contribution in [3.63, 3.8) is 0 Å². The molecule has 2 amide bonds. The number of carboxylic acid groups (broad SMARTS) is 1. The number of benzene rings is 1. The standard InChI is InChI=1S/C21H29N3O2.C2HF3O2/c1-3-9-23-13-17-18(14-23)21(22-19(17)25)7-10-24(11-8-21)20(26)16-6-4-5-15(2)12-16;3-2(4,5)1(6)7/h4-6,12,17-18H,3,7-11,13-14H2,1-2H3,(H,22,25);(H,6,7)/t17-,18+;/m1./s1. The van der Waals surface area contributed by atoms with Crippen molar-refractivity contribution in [1.82, 2.24) is 15.1 Å². The van der Waals surface area contributed by atoms with Gasteiger partial charge in [0.2, 0.25) is 5.91 Å². The molecule has 1 spiro atoms. The van der Waals surface area contributed by atoms with Crippen LogP contribution in [0.25, 0.3) is 0 Å². The summed E-state index contributed by atoms with van der Waals surface area (Å²) in [6, 6.07) is 7.81. The van der Waals surface area contributed by atoms with Crippen LogP contribution in [-0.2, 0) is 9.59 Å². The van der Waals surface area contributed by atoms with Crippen LogP contribution in [0.15, 0.2) is 24.3 Å². The van der Waals surface area contributed by atoms with E-state index in [1.807, 2.05) is 36.1 Å². The van der Waals surface area contributed by atoms with Gasteiger partial charge in [-0.3, -0.25) is 9.59 Å². The van der Waals surface area contributed by atoms with E-state index in [0.717, 1.165) is 63.1 Å². The lowest BCUT2D eigenvalue weighted by Crippen LogP contribution is -2.56. The molecule has 7 nitrogen and oxygen atoms in total. The van der Waals surface area contributed by atoms with E-state index in [2.05, 4.69) is 17.1 Å². The highest BCUT2D eigenvalue weighted by Crippen LogP contribution is 2.44. The van der Waals surface area contributed by atoms with E-state index in [4.69, 9.17) is 9.90 Å². The van der Waals surface area contributed by atoms with Gasteiger partial charge in [-0.2, -0.15) is 13.2 Å². The number of aliphatic carboxylic acids is 1. The first kappa shape index (κ1) is 25.0. The summed E-state index contributed by atoms with van der Waals surface area (Å²) in [4.78, 5) is 38.6. The Morgan fingerprint density at radius 2 is 1.85 bits per heavy atom. The van der Waals surface area contributed by atoms with Gasteiger partial charge in [-0.1, -0.05) is 24.6 Å². The number of fused-ring (bicyclic) bond motifs is 2. The first-order valence-corrected chi connectivity index (χ1v) is 11.2. The molecule has 10 heteroatoms. The molecule has 0 aliphatic carbocycles. The van der Waals surface area contributed by atoms with Gasteiger partial charge in [-0.05, 0) is 44.9 Å². The number of hydrogen-bond acceptors (Lipinski definition) is 4. The van der Waals surface area contributed by atoms with E-state index in [-0.39, 0.29) is 23.3 Å². The highest BCUT2D eigenvalue weighted by atomic mass is 19.4. The van der Waals surface area contributed by atoms with Gasteiger partial charge in [0.25, 0.3) is 5.91 Å². The Morgan fingerprint density at radius 1 is 1.21 bits per heavy atom. The van der Waals surface area contributed by atoms with E-state index in [1.54, 1.807) is 0 Å². The molecule has 3 fully saturated rings. The van der Waals surface area contributed by atoms with E-state index in [1.165, 1.54) is 0 Å². The van der Waals surface area contributed by atoms with E-state index in [9.17, 15) is 22.8 Å². The molecule has 0 aromatic heterocycles. The zero-order chi connectivity index (χ0) is 24.4. The molecule has 2 N–H and O–H groups in total. The molecule has 4 rings (SSSR count). The van der Waals surface area contributed by atoms with Gasteiger partial charge in [-0.25, -0.2) is 4.79 Å². The van der Waals surface area contributed by atoms with Crippen LogP contribution < -0.4 is 5.32 Å². The minimum absolute atomic E-state index is 0.104. The fraction of sp³-hybridized carbons (Fsp3) is 0.609. The maximum Gasteiger partial charge on any atom is 0.490 e. The quantitative estimate of drug-likeness (QED) is 0.711. The molecule has 3 aliphatic rings. The summed E-state index contributed by atoms with van der Waals surface area (Å²) < 4.78 is 31.7. The fourth-order valence-corrected chi connectivity index (χ4v) is 5.21. The molecule has 0 saturated carbocycles. The van der Waals surface area contributed by atoms with Gasteiger partial charge < -0.3 is 20.2 Å². The van der Waals surface area contributed by atoms with Crippen molar-refractivity contribution in [2.45, 2.75) is 44.8 Å². The van der Waals surface area contributed by atoms with E-state index < -0.39 is 12.1 Å². The third-order valence-electron chi connectivity index (χ3n) is 6.80. The lowest BCUT2D eigenvalue weighted by molar-refractivity contribution is -0.192. The number of likely N-dealkylation sites (tertiary alicyclic amines) is 2. The molecular formula is C23H30F3N3O4. The van der Waals surface area contributed by atoms with Crippen LogP contribution in [0.2, 0.25) is 0 Å². The van der Waals surface area contributed by atoms with E-state index >= 15 is 0 Å². The van der Waals surface area contributed by atoms with Gasteiger partial charge in [0, 0.05) is 43.2 Å². The first-order valence-electron chi connectivity index (χ1n) is 11.2. The number of nitrogens with zero attached hydrogens (tertiary/aromatic N) is 2. The van der Waals surface area contributed by atoms with Crippen molar-refractivity contribution < 1.29 is 32.7 Å². The van der Waals surface area contributed by atoms with Gasteiger partial charge >= 0.3 is 12.1 Å². The number of carbonyl (C=O) groups is 3. The second kappa shape index (κ2) is 9.70. The third-order valence-corrected chi connectivity index (χ3v) is 6.80. The first-order chi connectivity index (χ1) is 15.5. The van der Waals surface area contributed by atoms with Crippen LogP contribution >= 0.6 is 0 Å². The average molecular weight is 470 g/mol. The summed E-state index contributed by atoms with van der Waals surface area (Å²) in [6.45, 7) is 8.65. The maximum absolute atomic E-state index is 12.8. The number of carbonyl (C=O) groups excluding carboxylic acids is 2. The lowest BCUT2D eigenvalue weighted by atomic mass is 9.75. The monoisotopic (exact) mass is 469 g/mol. The molecule has 3 saturated heterocycles. The zero-order valence-electron chi connectivity index (χ0n) is 18.8. The number of rotatable bonds is 3. The van der Waals surface area contributed by atoms with Crippen molar-refractivity contribution in [3.8, 4) is 0 Å². The zero-order valence-corrected chi connectivity index (χ0v) is 18.8. The minimum atomic E-state index is -5.08. The van der Waals surface area contributed by atoms with Crippen molar-refractivity contribution in [1.29, 1.82) is 0 Å². The number of alkyl halides is 3. The van der Waals surface area contributed by atoms with Crippen molar-refractivity contribution in [3.05, 3.63) is 35.4 Å². The molecule has 0 bridgehead atoms. The lowest BCUT2D eigenvalue weighted by Gasteiger charge is -2.42. The number of piperidine rings is 1. The molecule has 3 heterocycles. The number of halogens is 3. The molecule has 3 aliphatic heterocycles. The Balaban J connectivity index is 0.000000383. The Hall–Kier alpha value is -2.62. The predicted octanol–water partition coefficient (Wildman–Crippen LogP) is 2.69. The van der Waals surface area contributed by atoms with Gasteiger partial charge in [0.1, 0.15) is 0 Å². The number of amides is 2. The molecule has 0 radical (unpaired) electrons. The predicted molar refractivity (Wildman–Crippen MR) is 115 cm³/mol. The number of nitrogens with one attached hydrogen (secondary N) is 1. The summed E-state index contributed by atoms with van der Waals surface area (Å²) in [5.74, 6) is -1.87. The van der Waals surface area contributed by atoms with Crippen LogP contribution in [0.3, 0.4) is 0 Å². The third kappa shape index (κ3) is 5.48. The smallest absolute Gasteiger partial charge is 0.475 e. The van der Waals surface area contributed by atoms with Crippen molar-refractivity contribution in [2.24, 2.45) is 11.8 Å². The molecule has 1 aromatic carbocycles. The van der Waals surface area contributed by atoms with Crippen LogP contribution in [0.4, 0.5) is 13.2 Å². The molecule has 2 atom stereocenters. The summed E-state index contributed by atoms with van der Waals surface area (Å²) in [5.41, 5.74) is 1.77. The Kier molecular flexibility index (Phi) is 7.36. The second-order valence-corrected chi connectivity index (χ2v) is 9.08. The number of hydrogen-bond donors (Lipinski definition) is 2. The van der Waals surface area contributed by atoms with Gasteiger partial charge in [0.05, 0.1) is 5.92 Å². The molecule has 1 aromatic rings. The number of carboxylic acids is 1. The Labute approximate surface area is 190 Å². The topological polar surface area (TPSA) is 90.0 Å². The average Bonchev–Trinajstić information content (AvgIpc) is 3.28. The van der Waals surface area contributed by atoms with Gasteiger partial charge in [0.15, 0.2) is 0 Å². The maximum atomic E-state index is 12.8. The fourth-order valence-electron chi connectivity index (χ4n) is 5.21. The normalized spacial score (nSPS) is 24.2. The largest absolute Gasteiger partial charge is 0.490 e. The second-order valence-electron chi connectivity index (χ2n) is 9.08. The molecule has 0 unspecified atom stereocenters. The van der Waals surface area contributed by atoms with Crippen LogP contribution in [-0.4, -0.2) is 77.1 Å².